The summed E-state index contributed by atoms with van der Waals surface area (Å²) in [6.07, 6.45) is -1.62. The van der Waals surface area contributed by atoms with Crippen LogP contribution in [-0.2, 0) is 43.6 Å². The number of rotatable bonds is 15. The Kier molecular flexibility index (Phi) is 12.0. The minimum Gasteiger partial charge on any atom is -0.459 e. The molecule has 7 heteroatoms. The van der Waals surface area contributed by atoms with Crippen molar-refractivity contribution in [3.8, 4) is 0 Å². The van der Waals surface area contributed by atoms with Crippen LogP contribution in [0.3, 0.4) is 0 Å². The first kappa shape index (κ1) is 26.8. The molecule has 0 aliphatic heterocycles. The second-order valence-corrected chi connectivity index (χ2v) is 11.7. The normalized spacial score (nSPS) is 14.6. The Morgan fingerprint density at radius 2 is 1.15 bits per heavy atom. The van der Waals surface area contributed by atoms with Gasteiger partial charge in [0.2, 0.25) is 0 Å². The largest absolute Gasteiger partial charge is 0.459 e. The third-order valence-corrected chi connectivity index (χ3v) is 6.36. The molecular weight excluding hydrogens is 611 g/mol. The van der Waals surface area contributed by atoms with Crippen molar-refractivity contribution in [2.75, 3.05) is 6.61 Å². The Hall–Kier alpha value is -1.78. The Balaban J connectivity index is 1.74. The van der Waals surface area contributed by atoms with E-state index in [4.69, 9.17) is 18.9 Å². The molecule has 1 unspecified atom stereocenters. The van der Waals surface area contributed by atoms with Gasteiger partial charge in [-0.2, -0.15) is 0 Å². The van der Waals surface area contributed by atoms with Crippen LogP contribution >= 0.6 is 38.5 Å². The Morgan fingerprint density at radius 3 is 1.59 bits per heavy atom. The van der Waals surface area contributed by atoms with Crippen molar-refractivity contribution in [3.63, 3.8) is 0 Å². The van der Waals surface area contributed by atoms with Crippen LogP contribution in [0.25, 0.3) is 0 Å². The van der Waals surface area contributed by atoms with Crippen molar-refractivity contribution in [3.05, 3.63) is 108 Å². The van der Waals surface area contributed by atoms with E-state index in [1.165, 1.54) is 0 Å². The summed E-state index contributed by atoms with van der Waals surface area (Å²) in [5.41, 5.74) is 3.11. The molecule has 3 aromatic rings. The highest BCUT2D eigenvalue weighted by Crippen LogP contribution is 2.27. The van der Waals surface area contributed by atoms with Crippen LogP contribution in [0.15, 0.2) is 91.0 Å². The van der Waals surface area contributed by atoms with Crippen LogP contribution in [-0.4, -0.2) is 34.2 Å². The number of carbonyl (C=O) groups excluding carboxylic acids is 1. The van der Waals surface area contributed by atoms with E-state index in [0.29, 0.717) is 26.3 Å². The van der Waals surface area contributed by atoms with Crippen LogP contribution in [0.1, 0.15) is 16.7 Å². The molecule has 0 spiro atoms. The molecule has 4 atom stereocenters. The SMILES string of the molecule is O=CO[C@H](COCc1ccccc1)[C@@H](OCc1ccccc1)[C@H](OCc1ccccc1)C(Br)I. The first-order valence-electron chi connectivity index (χ1n) is 11.0. The van der Waals surface area contributed by atoms with E-state index < -0.39 is 18.3 Å². The summed E-state index contributed by atoms with van der Waals surface area (Å²) in [6.45, 7) is 1.78. The lowest BCUT2D eigenvalue weighted by atomic mass is 10.1. The van der Waals surface area contributed by atoms with Gasteiger partial charge < -0.3 is 18.9 Å². The van der Waals surface area contributed by atoms with Gasteiger partial charge in [0.05, 0.1) is 29.3 Å². The quantitative estimate of drug-likeness (QED) is 0.115. The van der Waals surface area contributed by atoms with E-state index in [2.05, 4.69) is 38.5 Å². The number of halogens is 2. The van der Waals surface area contributed by atoms with E-state index in [1.807, 2.05) is 91.0 Å². The second-order valence-electron chi connectivity index (χ2n) is 7.63. The highest BCUT2D eigenvalue weighted by atomic mass is 127. The van der Waals surface area contributed by atoms with Crippen LogP contribution < -0.4 is 0 Å². The predicted octanol–water partition coefficient (Wildman–Crippen LogP) is 6.07. The zero-order valence-corrected chi connectivity index (χ0v) is 22.4. The first-order chi connectivity index (χ1) is 16.7. The minimum atomic E-state index is -0.652. The summed E-state index contributed by atoms with van der Waals surface area (Å²) in [5, 5.41) is 0. The fourth-order valence-electron chi connectivity index (χ4n) is 3.41. The summed E-state index contributed by atoms with van der Waals surface area (Å²) in [7, 11) is 0. The summed E-state index contributed by atoms with van der Waals surface area (Å²) in [4.78, 5) is 11.4. The Labute approximate surface area is 223 Å². The highest BCUT2D eigenvalue weighted by Gasteiger charge is 2.36. The topological polar surface area (TPSA) is 54.0 Å². The molecule has 0 saturated heterocycles. The predicted molar refractivity (Wildman–Crippen MR) is 144 cm³/mol. The molecule has 5 nitrogen and oxygen atoms in total. The molecule has 3 rings (SSSR count). The molecule has 34 heavy (non-hydrogen) atoms. The van der Waals surface area contributed by atoms with E-state index >= 15 is 0 Å². The van der Waals surface area contributed by atoms with Crippen molar-refractivity contribution in [1.82, 2.24) is 0 Å². The summed E-state index contributed by atoms with van der Waals surface area (Å²) < 4.78 is 23.9. The standard InChI is InChI=1S/C27H28BrIO5/c28-27(29)26(33-18-23-14-8-3-9-15-23)25(32-17-22-12-6-2-7-13-22)24(34-20-30)19-31-16-21-10-4-1-5-11-21/h1-15,20,24-27H,16-19H2/t24-,25-,26+,27?/m1/s1. The molecule has 0 radical (unpaired) electrons. The van der Waals surface area contributed by atoms with Gasteiger partial charge in [-0.3, -0.25) is 4.79 Å². The third-order valence-electron chi connectivity index (χ3n) is 5.13. The lowest BCUT2D eigenvalue weighted by Gasteiger charge is -2.33. The molecule has 0 aliphatic rings. The maximum atomic E-state index is 11.4. The van der Waals surface area contributed by atoms with Crippen molar-refractivity contribution in [1.29, 1.82) is 0 Å². The lowest BCUT2D eigenvalue weighted by Crippen LogP contribution is -2.47. The Morgan fingerprint density at radius 1 is 0.706 bits per heavy atom. The molecule has 0 aliphatic carbocycles. The number of hydrogen-bond donors (Lipinski definition) is 0. The van der Waals surface area contributed by atoms with Gasteiger partial charge in [-0.15, -0.1) is 0 Å². The number of alkyl halides is 2. The van der Waals surface area contributed by atoms with Gasteiger partial charge in [0.1, 0.15) is 12.2 Å². The molecule has 0 heterocycles. The minimum absolute atomic E-state index is 0.0959. The molecule has 0 bridgehead atoms. The Bertz CT molecular complexity index is 943. The van der Waals surface area contributed by atoms with E-state index in [-0.39, 0.29) is 9.44 Å². The van der Waals surface area contributed by atoms with Gasteiger partial charge in [-0.05, 0) is 16.7 Å². The average Bonchev–Trinajstić information content (AvgIpc) is 2.87. The lowest BCUT2D eigenvalue weighted by molar-refractivity contribution is -0.168. The zero-order valence-electron chi connectivity index (χ0n) is 18.7. The van der Waals surface area contributed by atoms with Crippen LogP contribution in [0.2, 0.25) is 0 Å². The van der Waals surface area contributed by atoms with E-state index in [0.717, 1.165) is 16.7 Å². The van der Waals surface area contributed by atoms with Gasteiger partial charge in [0, 0.05) is 0 Å². The van der Waals surface area contributed by atoms with Gasteiger partial charge in [0.25, 0.3) is 6.47 Å². The third kappa shape index (κ3) is 9.11. The van der Waals surface area contributed by atoms with Gasteiger partial charge in [-0.25, -0.2) is 0 Å². The number of ether oxygens (including phenoxy) is 4. The molecule has 3 aromatic carbocycles. The second kappa shape index (κ2) is 15.3. The molecule has 0 amide bonds. The van der Waals surface area contributed by atoms with Gasteiger partial charge >= 0.3 is 0 Å². The van der Waals surface area contributed by atoms with Gasteiger partial charge in [0.15, 0.2) is 6.10 Å². The van der Waals surface area contributed by atoms with E-state index in [9.17, 15) is 4.79 Å². The first-order valence-corrected chi connectivity index (χ1v) is 13.1. The summed E-state index contributed by atoms with van der Waals surface area (Å²) in [6, 6.07) is 29.7. The number of benzene rings is 3. The molecule has 180 valence electrons. The highest BCUT2D eigenvalue weighted by molar-refractivity contribution is 14.1. The maximum Gasteiger partial charge on any atom is 0.293 e. The molecule has 0 N–H and O–H groups in total. The van der Waals surface area contributed by atoms with Gasteiger partial charge in [-0.1, -0.05) is 130 Å². The fourth-order valence-corrected chi connectivity index (χ4v) is 4.48. The average molecular weight is 639 g/mol. The molecule has 0 saturated carbocycles. The summed E-state index contributed by atoms with van der Waals surface area (Å²) in [5.74, 6) is 0. The zero-order chi connectivity index (χ0) is 24.0. The van der Waals surface area contributed by atoms with Crippen molar-refractivity contribution >= 4 is 45.0 Å². The van der Waals surface area contributed by atoms with Crippen LogP contribution in [0.5, 0.6) is 0 Å². The molecule has 0 aromatic heterocycles. The molecular formula is C27H28BrIO5. The van der Waals surface area contributed by atoms with Crippen molar-refractivity contribution < 1.29 is 23.7 Å². The smallest absolute Gasteiger partial charge is 0.293 e. The number of hydrogen-bond acceptors (Lipinski definition) is 5. The van der Waals surface area contributed by atoms with Crippen LogP contribution in [0.4, 0.5) is 0 Å². The fraction of sp³-hybridized carbons (Fsp3) is 0.296. The van der Waals surface area contributed by atoms with E-state index in [1.54, 1.807) is 0 Å². The van der Waals surface area contributed by atoms with Crippen molar-refractivity contribution in [2.45, 2.75) is 41.0 Å². The molecule has 0 fully saturated rings. The van der Waals surface area contributed by atoms with Crippen molar-refractivity contribution in [2.24, 2.45) is 0 Å². The maximum absolute atomic E-state index is 11.4. The summed E-state index contributed by atoms with van der Waals surface area (Å²) >= 11 is 5.92. The van der Waals surface area contributed by atoms with Crippen LogP contribution in [0, 0.1) is 0 Å². The monoisotopic (exact) mass is 638 g/mol. The number of carbonyl (C=O) groups is 1.